The van der Waals surface area contributed by atoms with E-state index in [-0.39, 0.29) is 0 Å². The van der Waals surface area contributed by atoms with Crippen LogP contribution in [0.2, 0.25) is 0 Å². The highest BCUT2D eigenvalue weighted by molar-refractivity contribution is 5.79. The number of rotatable bonds is 3. The Hall–Kier alpha value is -0.830. The number of esters is 1. The third kappa shape index (κ3) is 1.85. The summed E-state index contributed by atoms with van der Waals surface area (Å²) in [4.78, 5) is 11.0. The standard InChI is InChI=1S/C9H14O3/c1-9(11,8(10)12-2)6-7-4-3-5-7/h4,11H,3,5-6H2,1-2H3. The number of hydrogen-bond acceptors (Lipinski definition) is 3. The van der Waals surface area contributed by atoms with Crippen LogP contribution < -0.4 is 0 Å². The molecule has 68 valence electrons. The number of hydrogen-bond donors (Lipinski definition) is 1. The highest BCUT2D eigenvalue weighted by Gasteiger charge is 2.32. The van der Waals surface area contributed by atoms with E-state index in [2.05, 4.69) is 4.74 Å². The van der Waals surface area contributed by atoms with Gasteiger partial charge in [-0.1, -0.05) is 11.6 Å². The molecule has 1 N–H and O–H groups in total. The first-order chi connectivity index (χ1) is 5.56. The molecule has 0 bridgehead atoms. The van der Waals surface area contributed by atoms with Crippen LogP contribution in [-0.2, 0) is 9.53 Å². The summed E-state index contributed by atoms with van der Waals surface area (Å²) in [5, 5.41) is 9.60. The average molecular weight is 170 g/mol. The lowest BCUT2D eigenvalue weighted by Gasteiger charge is -2.24. The van der Waals surface area contributed by atoms with Crippen molar-refractivity contribution in [2.45, 2.75) is 31.8 Å². The summed E-state index contributed by atoms with van der Waals surface area (Å²) in [5.41, 5.74) is -0.202. The fourth-order valence-electron chi connectivity index (χ4n) is 1.24. The molecule has 3 heteroatoms. The van der Waals surface area contributed by atoms with Crippen LogP contribution in [0.3, 0.4) is 0 Å². The van der Waals surface area contributed by atoms with E-state index in [4.69, 9.17) is 0 Å². The van der Waals surface area contributed by atoms with Crippen LogP contribution >= 0.6 is 0 Å². The summed E-state index contributed by atoms with van der Waals surface area (Å²) in [5.74, 6) is -0.560. The van der Waals surface area contributed by atoms with Crippen molar-refractivity contribution in [2.75, 3.05) is 7.11 Å². The molecule has 0 heterocycles. The maximum Gasteiger partial charge on any atom is 0.337 e. The van der Waals surface area contributed by atoms with Crippen molar-refractivity contribution in [1.29, 1.82) is 0 Å². The molecule has 0 saturated carbocycles. The second-order valence-electron chi connectivity index (χ2n) is 3.34. The Morgan fingerprint density at radius 2 is 2.42 bits per heavy atom. The van der Waals surface area contributed by atoms with Crippen molar-refractivity contribution in [3.05, 3.63) is 11.6 Å². The molecule has 0 saturated heterocycles. The Morgan fingerprint density at radius 1 is 1.83 bits per heavy atom. The van der Waals surface area contributed by atoms with Crippen molar-refractivity contribution in [1.82, 2.24) is 0 Å². The topological polar surface area (TPSA) is 46.5 Å². The lowest BCUT2D eigenvalue weighted by atomic mass is 9.88. The number of carbonyl (C=O) groups excluding carboxylic acids is 1. The number of ether oxygens (including phenoxy) is 1. The van der Waals surface area contributed by atoms with Crippen LogP contribution in [0.4, 0.5) is 0 Å². The Kier molecular flexibility index (Phi) is 2.52. The van der Waals surface area contributed by atoms with E-state index < -0.39 is 11.6 Å². The Morgan fingerprint density at radius 3 is 2.75 bits per heavy atom. The monoisotopic (exact) mass is 170 g/mol. The van der Waals surface area contributed by atoms with Crippen LogP contribution in [0.1, 0.15) is 26.2 Å². The second-order valence-corrected chi connectivity index (χ2v) is 3.34. The Bertz CT molecular complexity index is 216. The van der Waals surface area contributed by atoms with E-state index in [0.29, 0.717) is 6.42 Å². The molecular formula is C9H14O3. The van der Waals surface area contributed by atoms with E-state index in [1.807, 2.05) is 6.08 Å². The minimum Gasteiger partial charge on any atom is -0.467 e. The quantitative estimate of drug-likeness (QED) is 0.508. The highest BCUT2D eigenvalue weighted by Crippen LogP contribution is 2.27. The molecule has 0 fully saturated rings. The maximum absolute atomic E-state index is 11.0. The van der Waals surface area contributed by atoms with Gasteiger partial charge in [-0.2, -0.15) is 0 Å². The highest BCUT2D eigenvalue weighted by atomic mass is 16.5. The van der Waals surface area contributed by atoms with Crippen LogP contribution in [0.25, 0.3) is 0 Å². The molecule has 0 radical (unpaired) electrons. The van der Waals surface area contributed by atoms with Gasteiger partial charge in [0.15, 0.2) is 5.60 Å². The Balaban J connectivity index is 2.52. The zero-order valence-electron chi connectivity index (χ0n) is 7.46. The molecule has 3 nitrogen and oxygen atoms in total. The Labute approximate surface area is 72.0 Å². The van der Waals surface area contributed by atoms with Gasteiger partial charge in [-0.15, -0.1) is 0 Å². The van der Waals surface area contributed by atoms with Crippen LogP contribution in [0.15, 0.2) is 11.6 Å². The number of methoxy groups -OCH3 is 1. The van der Waals surface area contributed by atoms with Crippen molar-refractivity contribution >= 4 is 5.97 Å². The van der Waals surface area contributed by atoms with E-state index in [1.54, 1.807) is 0 Å². The number of carbonyl (C=O) groups is 1. The molecule has 1 unspecified atom stereocenters. The van der Waals surface area contributed by atoms with Gasteiger partial charge in [0, 0.05) is 6.42 Å². The van der Waals surface area contributed by atoms with E-state index >= 15 is 0 Å². The van der Waals surface area contributed by atoms with Gasteiger partial charge in [0.25, 0.3) is 0 Å². The number of aliphatic hydroxyl groups is 1. The summed E-state index contributed by atoms with van der Waals surface area (Å²) in [7, 11) is 1.28. The maximum atomic E-state index is 11.0. The van der Waals surface area contributed by atoms with Crippen molar-refractivity contribution in [2.24, 2.45) is 0 Å². The van der Waals surface area contributed by atoms with Crippen LogP contribution in [-0.4, -0.2) is 23.8 Å². The summed E-state index contributed by atoms with van der Waals surface area (Å²) >= 11 is 0. The molecule has 1 aliphatic rings. The molecule has 1 aliphatic carbocycles. The normalized spacial score (nSPS) is 20.4. The van der Waals surface area contributed by atoms with Gasteiger partial charge in [-0.05, 0) is 19.8 Å². The summed E-state index contributed by atoms with van der Waals surface area (Å²) in [6, 6.07) is 0. The average Bonchev–Trinajstić information content (AvgIpc) is 1.95. The molecule has 0 aromatic carbocycles. The smallest absolute Gasteiger partial charge is 0.337 e. The molecule has 0 aliphatic heterocycles. The van der Waals surface area contributed by atoms with Crippen molar-refractivity contribution in [3.8, 4) is 0 Å². The van der Waals surface area contributed by atoms with Gasteiger partial charge in [0.1, 0.15) is 0 Å². The minimum absolute atomic E-state index is 0.402. The molecule has 0 aromatic heterocycles. The zero-order valence-corrected chi connectivity index (χ0v) is 7.46. The van der Waals surface area contributed by atoms with Crippen LogP contribution in [0, 0.1) is 0 Å². The first-order valence-corrected chi connectivity index (χ1v) is 4.05. The third-order valence-electron chi connectivity index (χ3n) is 2.09. The van der Waals surface area contributed by atoms with Gasteiger partial charge in [0.2, 0.25) is 0 Å². The molecule has 0 spiro atoms. The molecule has 12 heavy (non-hydrogen) atoms. The van der Waals surface area contributed by atoms with Gasteiger partial charge in [-0.25, -0.2) is 4.79 Å². The first-order valence-electron chi connectivity index (χ1n) is 4.05. The minimum atomic E-state index is -1.35. The molecule has 0 aromatic rings. The molecule has 0 amide bonds. The lowest BCUT2D eigenvalue weighted by Crippen LogP contribution is -2.37. The second kappa shape index (κ2) is 3.27. The van der Waals surface area contributed by atoms with Gasteiger partial charge < -0.3 is 9.84 Å². The zero-order chi connectivity index (χ0) is 9.19. The largest absolute Gasteiger partial charge is 0.467 e. The SMILES string of the molecule is COC(=O)C(C)(O)CC1=CCC1. The summed E-state index contributed by atoms with van der Waals surface area (Å²) < 4.78 is 4.47. The van der Waals surface area contributed by atoms with Crippen molar-refractivity contribution < 1.29 is 14.6 Å². The van der Waals surface area contributed by atoms with Gasteiger partial charge in [0.05, 0.1) is 7.11 Å². The summed E-state index contributed by atoms with van der Waals surface area (Å²) in [6.07, 6.45) is 4.50. The fourth-order valence-corrected chi connectivity index (χ4v) is 1.24. The van der Waals surface area contributed by atoms with E-state index in [1.165, 1.54) is 14.0 Å². The number of allylic oxidation sites excluding steroid dienone is 1. The predicted octanol–water partition coefficient (Wildman–Crippen LogP) is 1.02. The van der Waals surface area contributed by atoms with Crippen molar-refractivity contribution in [3.63, 3.8) is 0 Å². The molecule has 1 rings (SSSR count). The molecule has 1 atom stereocenters. The predicted molar refractivity (Wildman–Crippen MR) is 44.6 cm³/mol. The van der Waals surface area contributed by atoms with Gasteiger partial charge in [-0.3, -0.25) is 0 Å². The molecular weight excluding hydrogens is 156 g/mol. The van der Waals surface area contributed by atoms with Crippen LogP contribution in [0.5, 0.6) is 0 Å². The third-order valence-corrected chi connectivity index (χ3v) is 2.09. The fraction of sp³-hybridized carbons (Fsp3) is 0.667. The van der Waals surface area contributed by atoms with E-state index in [9.17, 15) is 9.90 Å². The van der Waals surface area contributed by atoms with E-state index in [0.717, 1.165) is 18.4 Å². The summed E-state index contributed by atoms with van der Waals surface area (Å²) in [6.45, 7) is 1.48. The lowest BCUT2D eigenvalue weighted by molar-refractivity contribution is -0.160. The van der Waals surface area contributed by atoms with Gasteiger partial charge >= 0.3 is 5.97 Å². The first kappa shape index (κ1) is 9.26.